The zero-order chi connectivity index (χ0) is 29.0. The second kappa shape index (κ2) is 12.5. The number of carbonyl (C=O) groups excluding carboxylic acids is 1. The van der Waals surface area contributed by atoms with Gasteiger partial charge in [0.05, 0.1) is 28.2 Å². The van der Waals surface area contributed by atoms with Crippen LogP contribution in [0.2, 0.25) is 0 Å². The number of nitrogens with one attached hydrogen (secondary N) is 2. The van der Waals surface area contributed by atoms with Gasteiger partial charge < -0.3 is 15.5 Å². The molecule has 0 aromatic heterocycles. The van der Waals surface area contributed by atoms with Gasteiger partial charge in [0.25, 0.3) is 5.91 Å². The van der Waals surface area contributed by atoms with Crippen molar-refractivity contribution in [3.8, 4) is 0 Å². The molecule has 1 amide bonds. The summed E-state index contributed by atoms with van der Waals surface area (Å²) in [4.78, 5) is 16.0. The number of anilines is 3. The zero-order valence-corrected chi connectivity index (χ0v) is 25.4. The SMILES string of the molecule is CCCCCCCS(=O)(=O)c1ccc(NC(=O)c2cc(N3CCC4(CC3)CNC4)ccc2N(C)S(C)(=O)=O)cc1. The van der Waals surface area contributed by atoms with Crippen molar-refractivity contribution in [2.75, 3.05) is 59.8 Å². The summed E-state index contributed by atoms with van der Waals surface area (Å²) >= 11 is 0. The molecule has 11 heteroatoms. The minimum absolute atomic E-state index is 0.102. The van der Waals surface area contributed by atoms with Crippen LogP contribution in [0.3, 0.4) is 0 Å². The van der Waals surface area contributed by atoms with Crippen LogP contribution in [-0.4, -0.2) is 68.0 Å². The first-order valence-corrected chi connectivity index (χ1v) is 17.6. The van der Waals surface area contributed by atoms with Gasteiger partial charge >= 0.3 is 0 Å². The van der Waals surface area contributed by atoms with Crippen LogP contribution >= 0.6 is 0 Å². The van der Waals surface area contributed by atoms with Crippen LogP contribution in [0.25, 0.3) is 0 Å². The lowest BCUT2D eigenvalue weighted by atomic mass is 9.73. The van der Waals surface area contributed by atoms with Gasteiger partial charge in [-0.1, -0.05) is 32.6 Å². The Balaban J connectivity index is 1.50. The Morgan fingerprint density at radius 2 is 1.62 bits per heavy atom. The maximum atomic E-state index is 13.5. The van der Waals surface area contributed by atoms with Crippen LogP contribution in [0.5, 0.6) is 0 Å². The molecule has 2 aliphatic heterocycles. The number of nitrogens with zero attached hydrogens (tertiary/aromatic N) is 2. The van der Waals surface area contributed by atoms with E-state index in [-0.39, 0.29) is 21.9 Å². The number of carbonyl (C=O) groups is 1. The Morgan fingerprint density at radius 1 is 0.975 bits per heavy atom. The van der Waals surface area contributed by atoms with Crippen molar-refractivity contribution in [1.29, 1.82) is 0 Å². The summed E-state index contributed by atoms with van der Waals surface area (Å²) in [5.74, 6) is -0.361. The summed E-state index contributed by atoms with van der Waals surface area (Å²) in [6.07, 6.45) is 8.00. The largest absolute Gasteiger partial charge is 0.371 e. The van der Waals surface area contributed by atoms with Crippen molar-refractivity contribution in [3.05, 3.63) is 48.0 Å². The van der Waals surface area contributed by atoms with E-state index in [1.807, 2.05) is 6.07 Å². The van der Waals surface area contributed by atoms with E-state index >= 15 is 0 Å². The maximum Gasteiger partial charge on any atom is 0.257 e. The van der Waals surface area contributed by atoms with Crippen molar-refractivity contribution in [2.45, 2.75) is 56.8 Å². The van der Waals surface area contributed by atoms with Gasteiger partial charge in [0.15, 0.2) is 9.84 Å². The molecule has 0 bridgehead atoms. The topological polar surface area (TPSA) is 116 Å². The molecule has 0 atom stereocenters. The Labute approximate surface area is 239 Å². The average molecular weight is 591 g/mol. The van der Waals surface area contributed by atoms with Crippen LogP contribution < -0.4 is 19.8 Å². The minimum atomic E-state index is -3.60. The van der Waals surface area contributed by atoms with Crippen molar-refractivity contribution in [1.82, 2.24) is 5.32 Å². The van der Waals surface area contributed by atoms with Gasteiger partial charge in [0, 0.05) is 44.6 Å². The molecular weight excluding hydrogens is 548 g/mol. The van der Waals surface area contributed by atoms with Crippen molar-refractivity contribution in [2.24, 2.45) is 5.41 Å². The van der Waals surface area contributed by atoms with E-state index in [0.29, 0.717) is 17.5 Å². The fourth-order valence-corrected chi connectivity index (χ4v) is 7.27. The number of sulfonamides is 1. The second-order valence-electron chi connectivity index (χ2n) is 11.2. The van der Waals surface area contributed by atoms with Crippen LogP contribution in [-0.2, 0) is 19.9 Å². The molecule has 40 heavy (non-hydrogen) atoms. The van der Waals surface area contributed by atoms with Gasteiger partial charge in [-0.05, 0) is 67.1 Å². The zero-order valence-electron chi connectivity index (χ0n) is 23.8. The molecule has 1 spiro atoms. The molecule has 2 saturated heterocycles. The van der Waals surface area contributed by atoms with Gasteiger partial charge in [-0.3, -0.25) is 9.10 Å². The third-order valence-corrected chi connectivity index (χ3v) is 11.2. The quantitative estimate of drug-likeness (QED) is 0.355. The summed E-state index contributed by atoms with van der Waals surface area (Å²) in [6.45, 7) is 5.96. The summed E-state index contributed by atoms with van der Waals surface area (Å²) in [6, 6.07) is 11.5. The van der Waals surface area contributed by atoms with E-state index in [4.69, 9.17) is 0 Å². The van der Waals surface area contributed by atoms with E-state index in [9.17, 15) is 21.6 Å². The highest BCUT2D eigenvalue weighted by Crippen LogP contribution is 2.37. The number of hydrogen-bond acceptors (Lipinski definition) is 7. The summed E-state index contributed by atoms with van der Waals surface area (Å²) in [7, 11) is -5.57. The van der Waals surface area contributed by atoms with Gasteiger partial charge in [-0.2, -0.15) is 0 Å². The molecular formula is C29H42N4O5S2. The smallest absolute Gasteiger partial charge is 0.257 e. The fraction of sp³-hybridized carbons (Fsp3) is 0.552. The Bertz CT molecular complexity index is 1390. The molecule has 2 fully saturated rings. The van der Waals surface area contributed by atoms with Crippen molar-refractivity contribution in [3.63, 3.8) is 0 Å². The highest BCUT2D eigenvalue weighted by molar-refractivity contribution is 7.92. The molecule has 2 heterocycles. The first kappa shape index (κ1) is 30.3. The molecule has 9 nitrogen and oxygen atoms in total. The number of sulfone groups is 1. The first-order chi connectivity index (χ1) is 18.9. The van der Waals surface area contributed by atoms with E-state index in [2.05, 4.69) is 22.5 Å². The number of piperidine rings is 1. The van der Waals surface area contributed by atoms with Crippen LogP contribution in [0.1, 0.15) is 62.2 Å². The predicted molar refractivity (Wildman–Crippen MR) is 162 cm³/mol. The third kappa shape index (κ3) is 7.16. The fourth-order valence-electron chi connectivity index (χ4n) is 5.38. The Morgan fingerprint density at radius 3 is 2.20 bits per heavy atom. The van der Waals surface area contributed by atoms with Gasteiger partial charge in [0.1, 0.15) is 0 Å². The van der Waals surface area contributed by atoms with Crippen LogP contribution in [0.15, 0.2) is 47.4 Å². The van der Waals surface area contributed by atoms with E-state index in [0.717, 1.165) is 81.0 Å². The highest BCUT2D eigenvalue weighted by atomic mass is 32.2. The minimum Gasteiger partial charge on any atom is -0.371 e. The first-order valence-electron chi connectivity index (χ1n) is 14.1. The normalized spacial score (nSPS) is 16.9. The summed E-state index contributed by atoms with van der Waals surface area (Å²) in [5.41, 5.74) is 2.20. The molecule has 2 N–H and O–H groups in total. The molecule has 2 aromatic carbocycles. The molecule has 220 valence electrons. The molecule has 0 radical (unpaired) electrons. The lowest BCUT2D eigenvalue weighted by molar-refractivity contribution is 0.102. The predicted octanol–water partition coefficient (Wildman–Crippen LogP) is 4.27. The third-order valence-electron chi connectivity index (χ3n) is 8.24. The van der Waals surface area contributed by atoms with E-state index in [1.54, 1.807) is 24.3 Å². The molecule has 0 saturated carbocycles. The van der Waals surface area contributed by atoms with E-state index in [1.165, 1.54) is 19.2 Å². The van der Waals surface area contributed by atoms with Gasteiger partial charge in [0.2, 0.25) is 10.0 Å². The number of unbranched alkanes of at least 4 members (excludes halogenated alkanes) is 4. The molecule has 0 aliphatic carbocycles. The van der Waals surface area contributed by atoms with Crippen LogP contribution in [0, 0.1) is 5.41 Å². The summed E-state index contributed by atoms with van der Waals surface area (Å²) < 4.78 is 51.2. The van der Waals surface area contributed by atoms with Gasteiger partial charge in [-0.25, -0.2) is 16.8 Å². The van der Waals surface area contributed by atoms with Crippen molar-refractivity contribution < 1.29 is 21.6 Å². The number of amides is 1. The lowest BCUT2D eigenvalue weighted by Crippen LogP contribution is -2.58. The lowest BCUT2D eigenvalue weighted by Gasteiger charge is -2.49. The summed E-state index contributed by atoms with van der Waals surface area (Å²) in [5, 5.41) is 6.20. The van der Waals surface area contributed by atoms with Gasteiger partial charge in [-0.15, -0.1) is 0 Å². The maximum absolute atomic E-state index is 13.5. The highest BCUT2D eigenvalue weighted by Gasteiger charge is 2.39. The molecule has 2 aromatic rings. The molecule has 4 rings (SSSR count). The number of benzene rings is 2. The Kier molecular flexibility index (Phi) is 9.47. The van der Waals surface area contributed by atoms with Crippen molar-refractivity contribution >= 4 is 42.8 Å². The second-order valence-corrected chi connectivity index (χ2v) is 15.4. The number of rotatable bonds is 12. The average Bonchev–Trinajstić information content (AvgIpc) is 2.91. The monoisotopic (exact) mass is 590 g/mol. The molecule has 2 aliphatic rings. The number of hydrogen-bond donors (Lipinski definition) is 2. The van der Waals surface area contributed by atoms with E-state index < -0.39 is 25.8 Å². The Hall–Kier alpha value is -2.63. The standard InChI is InChI=1S/C29H42N4O5S2/c1-4-5-6-7-8-19-40(37,38)25-12-9-23(10-13-25)31-28(34)26-20-24(11-14-27(26)32(2)39(3,35)36)33-17-15-29(16-18-33)21-30-22-29/h9-14,20,30H,4-8,15-19,21-22H2,1-3H3,(H,31,34). The molecule has 0 unspecified atom stereocenters. The van der Waals surface area contributed by atoms with Crippen LogP contribution in [0.4, 0.5) is 17.1 Å².